The molecule has 4 rings (SSSR count). The van der Waals surface area contributed by atoms with E-state index in [-0.39, 0.29) is 5.56 Å². The minimum absolute atomic E-state index is 0.102. The minimum Gasteiger partial charge on any atom is -0.268 e. The smallest absolute Gasteiger partial charge is 0.266 e. The van der Waals surface area contributed by atoms with Gasteiger partial charge in [0.2, 0.25) is 0 Å². The first-order valence-corrected chi connectivity index (χ1v) is 10.2. The number of hydrogen-bond acceptors (Lipinski definition) is 2. The van der Waals surface area contributed by atoms with Gasteiger partial charge < -0.3 is 0 Å². The second-order valence-corrected chi connectivity index (χ2v) is 8.17. The highest BCUT2D eigenvalue weighted by molar-refractivity contribution is 14.1. The van der Waals surface area contributed by atoms with Crippen LogP contribution in [-0.2, 0) is 0 Å². The molecule has 1 heterocycles. The molecule has 5 heteroatoms. The normalized spacial score (nSPS) is 11.4. The van der Waals surface area contributed by atoms with Gasteiger partial charge in [-0.1, -0.05) is 47.5 Å². The monoisotopic (exact) mass is 498 g/mol. The largest absolute Gasteiger partial charge is 0.268 e. The minimum atomic E-state index is -0.102. The van der Waals surface area contributed by atoms with Crippen LogP contribution >= 0.6 is 34.2 Å². The van der Waals surface area contributed by atoms with Gasteiger partial charge in [-0.2, -0.15) is 0 Å². The lowest BCUT2D eigenvalue weighted by atomic mass is 10.1. The van der Waals surface area contributed by atoms with Crippen LogP contribution in [0.3, 0.4) is 0 Å². The predicted molar refractivity (Wildman–Crippen MR) is 125 cm³/mol. The Hall–Kier alpha value is -2.44. The zero-order chi connectivity index (χ0) is 19.7. The molecule has 0 atom stereocenters. The zero-order valence-electron chi connectivity index (χ0n) is 15.1. The highest BCUT2D eigenvalue weighted by Gasteiger charge is 2.11. The van der Waals surface area contributed by atoms with Crippen molar-refractivity contribution in [2.75, 3.05) is 0 Å². The lowest BCUT2D eigenvalue weighted by Crippen LogP contribution is -2.22. The number of halogens is 2. The van der Waals surface area contributed by atoms with Crippen LogP contribution in [-0.4, -0.2) is 9.55 Å². The molecule has 0 aliphatic heterocycles. The van der Waals surface area contributed by atoms with E-state index in [9.17, 15) is 4.79 Å². The average molecular weight is 499 g/mol. The summed E-state index contributed by atoms with van der Waals surface area (Å²) in [6.45, 7) is 2.05. The second kappa shape index (κ2) is 7.89. The Kier molecular flexibility index (Phi) is 5.33. The quantitative estimate of drug-likeness (QED) is 0.319. The van der Waals surface area contributed by atoms with Crippen LogP contribution < -0.4 is 5.56 Å². The van der Waals surface area contributed by atoms with Crippen molar-refractivity contribution in [3.63, 3.8) is 0 Å². The van der Waals surface area contributed by atoms with Crippen LogP contribution in [0.4, 0.5) is 0 Å². The fourth-order valence-electron chi connectivity index (χ4n) is 2.97. The summed E-state index contributed by atoms with van der Waals surface area (Å²) in [5.41, 5.74) is 3.55. The Morgan fingerprint density at radius 2 is 1.68 bits per heavy atom. The molecule has 138 valence electrons. The van der Waals surface area contributed by atoms with Crippen LogP contribution in [0.25, 0.3) is 28.7 Å². The van der Waals surface area contributed by atoms with Crippen LogP contribution in [0.1, 0.15) is 17.0 Å². The van der Waals surface area contributed by atoms with E-state index in [1.165, 1.54) is 5.56 Å². The standard InChI is InChI=1S/C23H16ClIN2O/c1-15-2-4-16(5-3-15)6-13-22-26-21-12-9-18(25)14-20(21)23(28)27(22)19-10-7-17(24)8-11-19/h2-14H,1H3. The molecule has 0 aliphatic carbocycles. The number of benzene rings is 3. The number of fused-ring (bicyclic) bond motifs is 1. The molecule has 0 N–H and O–H groups in total. The first-order valence-electron chi connectivity index (χ1n) is 8.74. The summed E-state index contributed by atoms with van der Waals surface area (Å²) in [4.78, 5) is 18.0. The van der Waals surface area contributed by atoms with E-state index in [4.69, 9.17) is 16.6 Å². The third-order valence-electron chi connectivity index (χ3n) is 4.44. The summed E-state index contributed by atoms with van der Waals surface area (Å²) < 4.78 is 2.62. The fraction of sp³-hybridized carbons (Fsp3) is 0.0435. The molecule has 1 aromatic heterocycles. The molecule has 0 unspecified atom stereocenters. The van der Waals surface area contributed by atoms with Crippen molar-refractivity contribution < 1.29 is 0 Å². The lowest BCUT2D eigenvalue weighted by Gasteiger charge is -2.12. The van der Waals surface area contributed by atoms with Gasteiger partial charge in [0.15, 0.2) is 0 Å². The SMILES string of the molecule is Cc1ccc(C=Cc2nc3ccc(I)cc3c(=O)n2-c2ccc(Cl)cc2)cc1. The predicted octanol–water partition coefficient (Wildman–Crippen LogP) is 6.12. The molecule has 0 saturated heterocycles. The van der Waals surface area contributed by atoms with Crippen molar-refractivity contribution >= 4 is 57.2 Å². The zero-order valence-corrected chi connectivity index (χ0v) is 18.0. The van der Waals surface area contributed by atoms with Crippen molar-refractivity contribution in [1.82, 2.24) is 9.55 Å². The summed E-state index contributed by atoms with van der Waals surface area (Å²) >= 11 is 8.23. The molecule has 3 aromatic carbocycles. The average Bonchev–Trinajstić information content (AvgIpc) is 2.69. The molecule has 0 fully saturated rings. The van der Waals surface area contributed by atoms with Gasteiger partial charge in [0.1, 0.15) is 5.82 Å². The Labute approximate surface area is 181 Å². The first kappa shape index (κ1) is 18.9. The van der Waals surface area contributed by atoms with E-state index in [1.54, 1.807) is 16.7 Å². The van der Waals surface area contributed by atoms with Crippen LogP contribution in [0.15, 0.2) is 71.5 Å². The maximum absolute atomic E-state index is 13.3. The third kappa shape index (κ3) is 3.88. The molecule has 0 radical (unpaired) electrons. The lowest BCUT2D eigenvalue weighted by molar-refractivity contribution is 0.944. The van der Waals surface area contributed by atoms with E-state index >= 15 is 0 Å². The molecular weight excluding hydrogens is 483 g/mol. The second-order valence-electron chi connectivity index (χ2n) is 6.49. The van der Waals surface area contributed by atoms with Crippen molar-refractivity contribution in [3.05, 3.63) is 103 Å². The van der Waals surface area contributed by atoms with Gasteiger partial charge >= 0.3 is 0 Å². The molecule has 0 aliphatic rings. The van der Waals surface area contributed by atoms with Gasteiger partial charge in [0.05, 0.1) is 16.6 Å². The number of rotatable bonds is 3. The molecule has 0 amide bonds. The highest BCUT2D eigenvalue weighted by atomic mass is 127. The molecule has 0 spiro atoms. The van der Waals surface area contributed by atoms with Gasteiger partial charge in [-0.3, -0.25) is 9.36 Å². The van der Waals surface area contributed by atoms with Crippen molar-refractivity contribution in [1.29, 1.82) is 0 Å². The summed E-state index contributed by atoms with van der Waals surface area (Å²) in [5.74, 6) is 0.571. The number of nitrogens with zero attached hydrogens (tertiary/aromatic N) is 2. The van der Waals surface area contributed by atoms with E-state index < -0.39 is 0 Å². The van der Waals surface area contributed by atoms with Gasteiger partial charge in [-0.05, 0) is 83.6 Å². The topological polar surface area (TPSA) is 34.9 Å². The summed E-state index contributed by atoms with van der Waals surface area (Å²) in [5, 5.41) is 1.21. The summed E-state index contributed by atoms with van der Waals surface area (Å²) in [7, 11) is 0. The third-order valence-corrected chi connectivity index (χ3v) is 5.37. The van der Waals surface area contributed by atoms with E-state index in [1.807, 2.05) is 54.6 Å². The first-order chi connectivity index (χ1) is 13.5. The van der Waals surface area contributed by atoms with E-state index in [0.717, 1.165) is 14.8 Å². The maximum Gasteiger partial charge on any atom is 0.266 e. The summed E-state index contributed by atoms with van der Waals surface area (Å²) in [6, 6.07) is 21.1. The molecule has 4 aromatic rings. The Morgan fingerprint density at radius 3 is 2.39 bits per heavy atom. The molecule has 28 heavy (non-hydrogen) atoms. The van der Waals surface area contributed by atoms with Gasteiger partial charge in [-0.15, -0.1) is 0 Å². The fourth-order valence-corrected chi connectivity index (χ4v) is 3.59. The molecule has 0 saturated carbocycles. The van der Waals surface area contributed by atoms with E-state index in [2.05, 4.69) is 41.6 Å². The molecule has 3 nitrogen and oxygen atoms in total. The van der Waals surface area contributed by atoms with Gasteiger partial charge in [0.25, 0.3) is 5.56 Å². The van der Waals surface area contributed by atoms with Crippen LogP contribution in [0.5, 0.6) is 0 Å². The summed E-state index contributed by atoms with van der Waals surface area (Å²) in [6.07, 6.45) is 3.84. The van der Waals surface area contributed by atoms with Crippen LogP contribution in [0.2, 0.25) is 5.02 Å². The van der Waals surface area contributed by atoms with Crippen molar-refractivity contribution in [2.24, 2.45) is 0 Å². The number of hydrogen-bond donors (Lipinski definition) is 0. The Morgan fingerprint density at radius 1 is 0.964 bits per heavy atom. The van der Waals surface area contributed by atoms with E-state index in [0.29, 0.717) is 21.7 Å². The van der Waals surface area contributed by atoms with Crippen molar-refractivity contribution in [2.45, 2.75) is 6.92 Å². The van der Waals surface area contributed by atoms with Crippen molar-refractivity contribution in [3.8, 4) is 5.69 Å². The molecule has 0 bridgehead atoms. The van der Waals surface area contributed by atoms with Crippen LogP contribution in [0, 0.1) is 10.5 Å². The number of aromatic nitrogens is 2. The number of aryl methyl sites for hydroxylation is 1. The van der Waals surface area contributed by atoms with Gasteiger partial charge in [-0.25, -0.2) is 4.98 Å². The molecular formula is C23H16ClIN2O. The maximum atomic E-state index is 13.3. The Bertz CT molecular complexity index is 1240. The van der Waals surface area contributed by atoms with Gasteiger partial charge in [0, 0.05) is 8.59 Å². The highest BCUT2D eigenvalue weighted by Crippen LogP contribution is 2.19. The Balaban J connectivity index is 1.93.